The van der Waals surface area contributed by atoms with E-state index in [0.29, 0.717) is 17.9 Å². The Kier molecular flexibility index (Phi) is 4.32. The van der Waals surface area contributed by atoms with Gasteiger partial charge in [-0.2, -0.15) is 0 Å². The van der Waals surface area contributed by atoms with Crippen LogP contribution < -0.4 is 0 Å². The molecular weight excluding hydrogens is 266 g/mol. The molecule has 2 bridgehead atoms. The number of fused-ring (bicyclic) bond motifs is 2. The van der Waals surface area contributed by atoms with E-state index in [0.717, 1.165) is 25.7 Å². The van der Waals surface area contributed by atoms with Crippen LogP contribution in [0.5, 0.6) is 0 Å². The molecule has 0 aromatic carbocycles. The van der Waals surface area contributed by atoms with E-state index in [2.05, 4.69) is 12.2 Å². The van der Waals surface area contributed by atoms with Crippen molar-refractivity contribution in [2.24, 2.45) is 17.8 Å². The minimum Gasteiger partial charge on any atom is -0.455 e. The van der Waals surface area contributed by atoms with Gasteiger partial charge in [-0.05, 0) is 37.5 Å². The summed E-state index contributed by atoms with van der Waals surface area (Å²) in [6.45, 7) is -0.0938. The Morgan fingerprint density at radius 1 is 1.14 bits per heavy atom. The van der Waals surface area contributed by atoms with Crippen LogP contribution in [0.1, 0.15) is 44.9 Å². The minimum absolute atomic E-state index is 0.0206. The highest BCUT2D eigenvalue weighted by Crippen LogP contribution is 2.43. The van der Waals surface area contributed by atoms with Gasteiger partial charge in [0.05, 0.1) is 5.92 Å². The summed E-state index contributed by atoms with van der Waals surface area (Å²) in [5, 5.41) is 0. The van der Waals surface area contributed by atoms with Crippen LogP contribution in [0.25, 0.3) is 0 Å². The number of hydrogen-bond donors (Lipinski definition) is 0. The number of hydrogen-bond acceptors (Lipinski definition) is 3. The summed E-state index contributed by atoms with van der Waals surface area (Å²) < 4.78 is 5.29. The Morgan fingerprint density at radius 2 is 1.90 bits per heavy atom. The fraction of sp³-hybridized carbons (Fsp3) is 0.765. The molecule has 3 rings (SSSR count). The van der Waals surface area contributed by atoms with Crippen molar-refractivity contribution in [3.8, 4) is 0 Å². The van der Waals surface area contributed by atoms with Gasteiger partial charge < -0.3 is 9.64 Å². The van der Waals surface area contributed by atoms with Crippen molar-refractivity contribution in [1.82, 2.24) is 4.90 Å². The molecule has 0 aromatic rings. The van der Waals surface area contributed by atoms with Crippen LogP contribution >= 0.6 is 0 Å². The lowest BCUT2D eigenvalue weighted by Crippen LogP contribution is -2.41. The van der Waals surface area contributed by atoms with E-state index in [9.17, 15) is 9.59 Å². The normalized spacial score (nSPS) is 31.4. The average molecular weight is 291 g/mol. The first kappa shape index (κ1) is 14.6. The van der Waals surface area contributed by atoms with Crippen LogP contribution in [0.3, 0.4) is 0 Å². The molecule has 0 unspecified atom stereocenters. The molecule has 4 nitrogen and oxygen atoms in total. The molecule has 0 aromatic heterocycles. The summed E-state index contributed by atoms with van der Waals surface area (Å²) in [6, 6.07) is 0.329. The largest absolute Gasteiger partial charge is 0.455 e. The van der Waals surface area contributed by atoms with Crippen LogP contribution in [0.15, 0.2) is 12.2 Å². The average Bonchev–Trinajstić information content (AvgIpc) is 3.15. The minimum atomic E-state index is -0.183. The van der Waals surface area contributed by atoms with E-state index >= 15 is 0 Å². The molecule has 0 saturated heterocycles. The van der Waals surface area contributed by atoms with Crippen LogP contribution in [0.4, 0.5) is 0 Å². The fourth-order valence-corrected chi connectivity index (χ4v) is 4.07. The molecule has 2 fully saturated rings. The summed E-state index contributed by atoms with van der Waals surface area (Å²) >= 11 is 0. The third kappa shape index (κ3) is 3.14. The highest BCUT2D eigenvalue weighted by molar-refractivity contribution is 5.81. The maximum absolute atomic E-state index is 12.2. The molecule has 2 saturated carbocycles. The lowest BCUT2D eigenvalue weighted by molar-refractivity contribution is -0.156. The first-order valence-corrected chi connectivity index (χ1v) is 8.26. The van der Waals surface area contributed by atoms with Crippen molar-refractivity contribution in [3.05, 3.63) is 12.2 Å². The molecule has 3 aliphatic rings. The van der Waals surface area contributed by atoms with Gasteiger partial charge in [0, 0.05) is 13.1 Å². The number of nitrogens with zero attached hydrogens (tertiary/aromatic N) is 1. The second-order valence-electron chi connectivity index (χ2n) is 6.79. The summed E-state index contributed by atoms with van der Waals surface area (Å²) in [5.74, 6) is 0.626. The Hall–Kier alpha value is -1.32. The number of ether oxygens (including phenoxy) is 1. The van der Waals surface area contributed by atoms with E-state index in [1.165, 1.54) is 19.3 Å². The number of amides is 1. The number of allylic oxidation sites excluding steroid dienone is 2. The van der Waals surface area contributed by atoms with Crippen molar-refractivity contribution in [3.63, 3.8) is 0 Å². The first-order chi connectivity index (χ1) is 10.1. The third-order valence-electron chi connectivity index (χ3n) is 5.44. The molecule has 0 spiro atoms. The van der Waals surface area contributed by atoms with E-state index in [4.69, 9.17) is 4.74 Å². The van der Waals surface area contributed by atoms with Crippen LogP contribution in [0.2, 0.25) is 0 Å². The van der Waals surface area contributed by atoms with Crippen molar-refractivity contribution < 1.29 is 14.3 Å². The number of carbonyl (C=O) groups excluding carboxylic acids is 2. The van der Waals surface area contributed by atoms with Gasteiger partial charge in [-0.3, -0.25) is 9.59 Å². The second kappa shape index (κ2) is 6.20. The molecule has 1 amide bonds. The Labute approximate surface area is 126 Å². The Bertz CT molecular complexity index is 439. The van der Waals surface area contributed by atoms with E-state index in [-0.39, 0.29) is 24.4 Å². The molecule has 116 valence electrons. The van der Waals surface area contributed by atoms with Crippen LogP contribution in [-0.2, 0) is 14.3 Å². The zero-order valence-electron chi connectivity index (χ0n) is 12.8. The van der Waals surface area contributed by atoms with Gasteiger partial charge in [-0.1, -0.05) is 31.4 Å². The van der Waals surface area contributed by atoms with Crippen LogP contribution in [-0.4, -0.2) is 36.5 Å². The predicted octanol–water partition coefficient (Wildman–Crippen LogP) is 2.53. The molecule has 21 heavy (non-hydrogen) atoms. The van der Waals surface area contributed by atoms with Crippen molar-refractivity contribution >= 4 is 11.9 Å². The SMILES string of the molecule is CN(C(=O)COC(=O)[C@H]1C[C@@H]2C=C[C@H]1C2)C1CCCCC1. The number of esters is 1. The van der Waals surface area contributed by atoms with Crippen molar-refractivity contribution in [1.29, 1.82) is 0 Å². The number of rotatable bonds is 4. The molecule has 0 radical (unpaired) electrons. The molecule has 0 aliphatic heterocycles. The summed E-state index contributed by atoms with van der Waals surface area (Å²) in [6.07, 6.45) is 12.1. The molecule has 3 aliphatic carbocycles. The lowest BCUT2D eigenvalue weighted by atomic mass is 9.94. The van der Waals surface area contributed by atoms with Gasteiger partial charge in [0.2, 0.25) is 0 Å². The third-order valence-corrected chi connectivity index (χ3v) is 5.44. The van der Waals surface area contributed by atoms with Gasteiger partial charge >= 0.3 is 5.97 Å². The molecule has 0 N–H and O–H groups in total. The van der Waals surface area contributed by atoms with E-state index in [1.54, 1.807) is 4.90 Å². The molecular formula is C17H25NO3. The summed E-state index contributed by atoms with van der Waals surface area (Å²) in [7, 11) is 1.84. The standard InChI is InChI=1S/C17H25NO3/c1-18(14-5-3-2-4-6-14)16(19)11-21-17(20)15-10-12-7-8-13(15)9-12/h7-8,12-15H,2-6,9-11H2,1H3/t12-,13+,15+/m1/s1. The van der Waals surface area contributed by atoms with E-state index in [1.807, 2.05) is 7.05 Å². The fourth-order valence-electron chi connectivity index (χ4n) is 4.07. The molecule has 3 atom stereocenters. The maximum atomic E-state index is 12.2. The van der Waals surface area contributed by atoms with Gasteiger partial charge in [0.25, 0.3) is 5.91 Å². The zero-order chi connectivity index (χ0) is 14.8. The van der Waals surface area contributed by atoms with Gasteiger partial charge in [0.1, 0.15) is 0 Å². The van der Waals surface area contributed by atoms with Crippen molar-refractivity contribution in [2.45, 2.75) is 51.0 Å². The predicted molar refractivity (Wildman–Crippen MR) is 79.4 cm³/mol. The smallest absolute Gasteiger partial charge is 0.310 e. The van der Waals surface area contributed by atoms with Gasteiger partial charge in [0.15, 0.2) is 6.61 Å². The Morgan fingerprint density at radius 3 is 2.52 bits per heavy atom. The first-order valence-electron chi connectivity index (χ1n) is 8.26. The highest BCUT2D eigenvalue weighted by atomic mass is 16.5. The summed E-state index contributed by atoms with van der Waals surface area (Å²) in [4.78, 5) is 26.1. The molecule has 4 heteroatoms. The lowest BCUT2D eigenvalue weighted by Gasteiger charge is -2.31. The summed E-state index contributed by atoms with van der Waals surface area (Å²) in [5.41, 5.74) is 0. The Balaban J connectivity index is 1.44. The number of carbonyl (C=O) groups is 2. The number of likely N-dealkylation sites (N-methyl/N-ethyl adjacent to an activating group) is 1. The quantitative estimate of drug-likeness (QED) is 0.590. The zero-order valence-corrected chi connectivity index (χ0v) is 12.8. The van der Waals surface area contributed by atoms with Gasteiger partial charge in [-0.15, -0.1) is 0 Å². The van der Waals surface area contributed by atoms with E-state index < -0.39 is 0 Å². The van der Waals surface area contributed by atoms with Gasteiger partial charge in [-0.25, -0.2) is 0 Å². The van der Waals surface area contributed by atoms with Crippen LogP contribution in [0, 0.1) is 17.8 Å². The highest BCUT2D eigenvalue weighted by Gasteiger charge is 2.41. The maximum Gasteiger partial charge on any atom is 0.310 e. The molecule has 0 heterocycles. The second-order valence-corrected chi connectivity index (χ2v) is 6.79. The topological polar surface area (TPSA) is 46.6 Å². The van der Waals surface area contributed by atoms with Crippen molar-refractivity contribution in [2.75, 3.05) is 13.7 Å². The monoisotopic (exact) mass is 291 g/mol.